The highest BCUT2D eigenvalue weighted by Gasteiger charge is 2.31. The molecule has 3 aromatic rings. The van der Waals surface area contributed by atoms with Gasteiger partial charge in [0.15, 0.2) is 0 Å². The number of nitrogens with zero attached hydrogens (tertiary/aromatic N) is 1. The smallest absolute Gasteiger partial charge is 0.243 e. The lowest BCUT2D eigenvalue weighted by Gasteiger charge is -2.32. The Morgan fingerprint density at radius 3 is 2.24 bits per heavy atom. The highest BCUT2D eigenvalue weighted by atomic mass is 35.5. The van der Waals surface area contributed by atoms with E-state index in [-0.39, 0.29) is 36.6 Å². The first-order valence-electron chi connectivity index (χ1n) is 11.5. The van der Waals surface area contributed by atoms with Crippen LogP contribution in [0.4, 0.5) is 4.39 Å². The first-order valence-corrected chi connectivity index (χ1v) is 11.9. The molecule has 0 unspecified atom stereocenters. The van der Waals surface area contributed by atoms with Crippen LogP contribution >= 0.6 is 11.6 Å². The van der Waals surface area contributed by atoms with Crippen LogP contribution in [0.25, 0.3) is 0 Å². The summed E-state index contributed by atoms with van der Waals surface area (Å²) in [6.07, 6.45) is 1.19. The minimum Gasteiger partial charge on any atom is -0.352 e. The SMILES string of the molecule is CC[C@H](C)NC(=O)[C@@H](Cc1ccccc1)N(Cc1ccccc1Cl)C(=O)Cc1ccc(F)cc1. The van der Waals surface area contributed by atoms with Gasteiger partial charge < -0.3 is 10.2 Å². The molecule has 0 bridgehead atoms. The van der Waals surface area contributed by atoms with E-state index < -0.39 is 6.04 Å². The van der Waals surface area contributed by atoms with Crippen molar-refractivity contribution in [3.8, 4) is 0 Å². The first kappa shape index (κ1) is 25.4. The van der Waals surface area contributed by atoms with Crippen LogP contribution in [-0.2, 0) is 29.0 Å². The van der Waals surface area contributed by atoms with Gasteiger partial charge >= 0.3 is 0 Å². The van der Waals surface area contributed by atoms with Gasteiger partial charge in [-0.2, -0.15) is 0 Å². The molecule has 2 atom stereocenters. The van der Waals surface area contributed by atoms with Crippen molar-refractivity contribution in [3.05, 3.63) is 106 Å². The number of hydrogen-bond acceptors (Lipinski definition) is 2. The number of amides is 2. The van der Waals surface area contributed by atoms with E-state index in [0.29, 0.717) is 17.0 Å². The molecule has 4 nitrogen and oxygen atoms in total. The third-order valence-electron chi connectivity index (χ3n) is 5.84. The molecule has 2 amide bonds. The molecule has 3 rings (SSSR count). The molecule has 0 radical (unpaired) electrons. The van der Waals surface area contributed by atoms with Gasteiger partial charge in [0.25, 0.3) is 0 Å². The molecule has 34 heavy (non-hydrogen) atoms. The molecule has 0 saturated heterocycles. The molecular weight excluding hydrogens is 451 g/mol. The number of carbonyl (C=O) groups is 2. The van der Waals surface area contributed by atoms with Crippen LogP contribution in [0.5, 0.6) is 0 Å². The molecule has 3 aromatic carbocycles. The number of rotatable bonds is 10. The summed E-state index contributed by atoms with van der Waals surface area (Å²) in [6.45, 7) is 4.12. The zero-order valence-electron chi connectivity index (χ0n) is 19.5. The van der Waals surface area contributed by atoms with Crippen molar-refractivity contribution < 1.29 is 14.0 Å². The van der Waals surface area contributed by atoms with Crippen molar-refractivity contribution in [2.75, 3.05) is 0 Å². The summed E-state index contributed by atoms with van der Waals surface area (Å²) in [6, 6.07) is 22.0. The summed E-state index contributed by atoms with van der Waals surface area (Å²) >= 11 is 6.42. The van der Waals surface area contributed by atoms with Gasteiger partial charge in [0, 0.05) is 24.0 Å². The zero-order chi connectivity index (χ0) is 24.5. The molecule has 178 valence electrons. The van der Waals surface area contributed by atoms with Crippen LogP contribution in [0.2, 0.25) is 5.02 Å². The van der Waals surface area contributed by atoms with Crippen LogP contribution in [0, 0.1) is 5.82 Å². The van der Waals surface area contributed by atoms with E-state index in [0.717, 1.165) is 17.5 Å². The lowest BCUT2D eigenvalue weighted by Crippen LogP contribution is -2.52. The summed E-state index contributed by atoms with van der Waals surface area (Å²) in [4.78, 5) is 28.7. The molecule has 0 fully saturated rings. The van der Waals surface area contributed by atoms with Crippen LogP contribution in [0.1, 0.15) is 37.0 Å². The predicted molar refractivity (Wildman–Crippen MR) is 134 cm³/mol. The van der Waals surface area contributed by atoms with E-state index in [1.54, 1.807) is 23.1 Å². The number of carbonyl (C=O) groups excluding carboxylic acids is 2. The molecule has 0 aliphatic carbocycles. The number of hydrogen-bond donors (Lipinski definition) is 1. The number of benzene rings is 3. The lowest BCUT2D eigenvalue weighted by atomic mass is 10.0. The Balaban J connectivity index is 1.97. The van der Waals surface area contributed by atoms with Gasteiger partial charge in [0.1, 0.15) is 11.9 Å². The summed E-state index contributed by atoms with van der Waals surface area (Å²) in [5.74, 6) is -0.802. The Morgan fingerprint density at radius 1 is 0.941 bits per heavy atom. The first-order chi connectivity index (χ1) is 16.4. The summed E-state index contributed by atoms with van der Waals surface area (Å²) in [5, 5.41) is 3.57. The standard InChI is InChI=1S/C28H30ClFN2O2/c1-3-20(2)31-28(34)26(17-21-9-5-4-6-10-21)32(19-23-11-7-8-12-25(23)29)27(33)18-22-13-15-24(30)16-14-22/h4-16,20,26H,3,17-19H2,1-2H3,(H,31,34)/t20-,26+/m0/s1. The van der Waals surface area contributed by atoms with Crippen LogP contribution < -0.4 is 5.32 Å². The fourth-order valence-electron chi connectivity index (χ4n) is 3.68. The molecule has 0 aliphatic heterocycles. The van der Waals surface area contributed by atoms with E-state index in [1.165, 1.54) is 12.1 Å². The Labute approximate surface area is 205 Å². The summed E-state index contributed by atoms with van der Waals surface area (Å²) in [5.41, 5.74) is 2.38. The van der Waals surface area contributed by atoms with E-state index in [1.807, 2.05) is 62.4 Å². The number of nitrogens with one attached hydrogen (secondary N) is 1. The third kappa shape index (κ3) is 7.16. The summed E-state index contributed by atoms with van der Waals surface area (Å²) in [7, 11) is 0. The van der Waals surface area contributed by atoms with Crippen molar-refractivity contribution in [1.29, 1.82) is 0 Å². The molecule has 0 saturated carbocycles. The van der Waals surface area contributed by atoms with E-state index in [9.17, 15) is 14.0 Å². The molecule has 0 spiro atoms. The second-order valence-corrected chi connectivity index (χ2v) is 8.85. The van der Waals surface area contributed by atoms with E-state index in [2.05, 4.69) is 5.32 Å². The maximum Gasteiger partial charge on any atom is 0.243 e. The van der Waals surface area contributed by atoms with Crippen molar-refractivity contribution in [2.24, 2.45) is 0 Å². The normalized spacial score (nSPS) is 12.6. The fraction of sp³-hybridized carbons (Fsp3) is 0.286. The van der Waals surface area contributed by atoms with Crippen molar-refractivity contribution >= 4 is 23.4 Å². The van der Waals surface area contributed by atoms with Gasteiger partial charge in [0.05, 0.1) is 6.42 Å². The molecule has 0 aliphatic rings. The van der Waals surface area contributed by atoms with Gasteiger partial charge in [-0.15, -0.1) is 0 Å². The van der Waals surface area contributed by atoms with Gasteiger partial charge in [-0.3, -0.25) is 9.59 Å². The Morgan fingerprint density at radius 2 is 1.59 bits per heavy atom. The summed E-state index contributed by atoms with van der Waals surface area (Å²) < 4.78 is 13.4. The quantitative estimate of drug-likeness (QED) is 0.412. The zero-order valence-corrected chi connectivity index (χ0v) is 20.3. The minimum atomic E-state index is -0.736. The van der Waals surface area contributed by atoms with Gasteiger partial charge in [-0.1, -0.05) is 79.2 Å². The maximum atomic E-state index is 13.6. The molecule has 6 heteroatoms. The van der Waals surface area contributed by atoms with Crippen LogP contribution in [0.15, 0.2) is 78.9 Å². The van der Waals surface area contributed by atoms with Gasteiger partial charge in [-0.05, 0) is 48.2 Å². The van der Waals surface area contributed by atoms with E-state index >= 15 is 0 Å². The topological polar surface area (TPSA) is 49.4 Å². The minimum absolute atomic E-state index is 0.0277. The largest absolute Gasteiger partial charge is 0.352 e. The van der Waals surface area contributed by atoms with Gasteiger partial charge in [-0.25, -0.2) is 4.39 Å². The molecular formula is C28H30ClFN2O2. The second-order valence-electron chi connectivity index (χ2n) is 8.44. The van der Waals surface area contributed by atoms with Crippen molar-refractivity contribution in [2.45, 2.75) is 51.7 Å². The van der Waals surface area contributed by atoms with Crippen molar-refractivity contribution in [1.82, 2.24) is 10.2 Å². The van der Waals surface area contributed by atoms with E-state index in [4.69, 9.17) is 11.6 Å². The highest BCUT2D eigenvalue weighted by molar-refractivity contribution is 6.31. The van der Waals surface area contributed by atoms with Crippen LogP contribution in [-0.4, -0.2) is 28.8 Å². The Hall–Kier alpha value is -3.18. The second kappa shape index (κ2) is 12.3. The lowest BCUT2D eigenvalue weighted by molar-refractivity contribution is -0.141. The molecule has 0 heterocycles. The monoisotopic (exact) mass is 480 g/mol. The Kier molecular flexibility index (Phi) is 9.23. The van der Waals surface area contributed by atoms with Crippen LogP contribution in [0.3, 0.4) is 0 Å². The fourth-order valence-corrected chi connectivity index (χ4v) is 3.88. The average molecular weight is 481 g/mol. The van der Waals surface area contributed by atoms with Crippen molar-refractivity contribution in [3.63, 3.8) is 0 Å². The number of halogens is 2. The third-order valence-corrected chi connectivity index (χ3v) is 6.21. The van der Waals surface area contributed by atoms with Gasteiger partial charge in [0.2, 0.25) is 11.8 Å². The highest BCUT2D eigenvalue weighted by Crippen LogP contribution is 2.21. The predicted octanol–water partition coefficient (Wildman–Crippen LogP) is 5.58. The maximum absolute atomic E-state index is 13.6. The molecule has 0 aromatic heterocycles. The molecule has 1 N–H and O–H groups in total. The average Bonchev–Trinajstić information content (AvgIpc) is 2.84. The Bertz CT molecular complexity index is 1090.